The standard InChI is InChI=1S/C20H30N4O3/c25-18(13-1-2-13)23-12-16(24(15-5-6-15)19(26)14-3-4-14)11-17(23)20(27)22-9-7-21-8-10-22/h13-17,21H,1-12H2. The third-order valence-corrected chi connectivity index (χ3v) is 6.72. The predicted molar refractivity (Wildman–Crippen MR) is 98.7 cm³/mol. The van der Waals surface area contributed by atoms with Crippen LogP contribution in [-0.2, 0) is 14.4 Å². The molecule has 2 atom stereocenters. The smallest absolute Gasteiger partial charge is 0.245 e. The van der Waals surface area contributed by atoms with Crippen LogP contribution in [0.1, 0.15) is 44.9 Å². The fraction of sp³-hybridized carbons (Fsp3) is 0.850. The van der Waals surface area contributed by atoms with E-state index in [4.69, 9.17) is 0 Å². The Morgan fingerprint density at radius 3 is 2.07 bits per heavy atom. The Morgan fingerprint density at radius 2 is 1.48 bits per heavy atom. The van der Waals surface area contributed by atoms with Gasteiger partial charge in [-0.05, 0) is 44.9 Å². The van der Waals surface area contributed by atoms with Crippen LogP contribution in [0.5, 0.6) is 0 Å². The van der Waals surface area contributed by atoms with E-state index in [2.05, 4.69) is 10.2 Å². The Balaban J connectivity index is 1.35. The molecule has 0 bridgehead atoms. The van der Waals surface area contributed by atoms with Crippen molar-refractivity contribution in [1.82, 2.24) is 20.0 Å². The molecule has 2 unspecified atom stereocenters. The molecule has 2 saturated heterocycles. The zero-order chi connectivity index (χ0) is 18.5. The molecule has 27 heavy (non-hydrogen) atoms. The maximum absolute atomic E-state index is 13.2. The second kappa shape index (κ2) is 6.76. The lowest BCUT2D eigenvalue weighted by Crippen LogP contribution is -2.53. The normalized spacial score (nSPS) is 31.1. The first-order valence-electron chi connectivity index (χ1n) is 10.8. The van der Waals surface area contributed by atoms with E-state index in [9.17, 15) is 14.4 Å². The highest BCUT2D eigenvalue weighted by Crippen LogP contribution is 2.41. The lowest BCUT2D eigenvalue weighted by molar-refractivity contribution is -0.144. The van der Waals surface area contributed by atoms with Crippen molar-refractivity contribution in [2.24, 2.45) is 11.8 Å². The first-order chi connectivity index (χ1) is 13.1. The Hall–Kier alpha value is -1.63. The first kappa shape index (κ1) is 17.5. The zero-order valence-electron chi connectivity index (χ0n) is 15.9. The van der Waals surface area contributed by atoms with Crippen molar-refractivity contribution in [1.29, 1.82) is 0 Å². The summed E-state index contributed by atoms with van der Waals surface area (Å²) in [4.78, 5) is 44.9. The van der Waals surface area contributed by atoms with Crippen LogP contribution in [0.3, 0.4) is 0 Å². The number of nitrogens with one attached hydrogen (secondary N) is 1. The van der Waals surface area contributed by atoms with Gasteiger partial charge in [-0.2, -0.15) is 0 Å². The molecule has 3 amide bonds. The lowest BCUT2D eigenvalue weighted by atomic mass is 10.1. The van der Waals surface area contributed by atoms with Crippen molar-refractivity contribution in [3.63, 3.8) is 0 Å². The second-order valence-corrected chi connectivity index (χ2v) is 9.00. The van der Waals surface area contributed by atoms with E-state index in [0.29, 0.717) is 32.1 Å². The van der Waals surface area contributed by atoms with E-state index < -0.39 is 0 Å². The SMILES string of the molecule is O=C(C1CC(N(C(=O)C2CC2)C2CC2)CN1C(=O)C1CC1)N1CCNCC1. The molecule has 148 valence electrons. The number of nitrogens with zero attached hydrogens (tertiary/aromatic N) is 3. The largest absolute Gasteiger partial charge is 0.338 e. The van der Waals surface area contributed by atoms with Crippen LogP contribution in [-0.4, -0.2) is 83.3 Å². The number of likely N-dealkylation sites (tertiary alicyclic amines) is 1. The molecule has 0 spiro atoms. The summed E-state index contributed by atoms with van der Waals surface area (Å²) in [6.45, 7) is 3.59. The van der Waals surface area contributed by atoms with E-state index in [0.717, 1.165) is 51.6 Å². The fourth-order valence-electron chi connectivity index (χ4n) is 4.71. The fourth-order valence-corrected chi connectivity index (χ4v) is 4.71. The van der Waals surface area contributed by atoms with E-state index in [1.165, 1.54) is 0 Å². The Kier molecular flexibility index (Phi) is 4.37. The van der Waals surface area contributed by atoms with E-state index >= 15 is 0 Å². The minimum Gasteiger partial charge on any atom is -0.338 e. The monoisotopic (exact) mass is 374 g/mol. The summed E-state index contributed by atoms with van der Waals surface area (Å²) >= 11 is 0. The van der Waals surface area contributed by atoms with Crippen molar-refractivity contribution in [3.05, 3.63) is 0 Å². The summed E-state index contributed by atoms with van der Waals surface area (Å²) in [5.74, 6) is 0.802. The van der Waals surface area contributed by atoms with E-state index in [-0.39, 0.29) is 41.6 Å². The highest BCUT2D eigenvalue weighted by atomic mass is 16.2. The molecular formula is C20H30N4O3. The molecule has 1 N–H and O–H groups in total. The number of carbonyl (C=O) groups excluding carboxylic acids is 3. The van der Waals surface area contributed by atoms with Gasteiger partial charge >= 0.3 is 0 Å². The van der Waals surface area contributed by atoms with Gasteiger partial charge < -0.3 is 20.0 Å². The number of amides is 3. The average Bonchev–Trinajstić information content (AvgIpc) is 3.55. The van der Waals surface area contributed by atoms with Crippen LogP contribution < -0.4 is 5.32 Å². The van der Waals surface area contributed by atoms with Crippen LogP contribution in [0.2, 0.25) is 0 Å². The van der Waals surface area contributed by atoms with Gasteiger partial charge in [-0.15, -0.1) is 0 Å². The molecular weight excluding hydrogens is 344 g/mol. The molecule has 7 heteroatoms. The molecule has 3 saturated carbocycles. The number of carbonyl (C=O) groups is 3. The van der Waals surface area contributed by atoms with Gasteiger partial charge in [-0.3, -0.25) is 14.4 Å². The summed E-state index contributed by atoms with van der Waals surface area (Å²) in [5.41, 5.74) is 0. The van der Waals surface area contributed by atoms with Gasteiger partial charge in [0.15, 0.2) is 0 Å². The molecule has 2 heterocycles. The van der Waals surface area contributed by atoms with Crippen molar-refractivity contribution in [2.75, 3.05) is 32.7 Å². The molecule has 5 aliphatic rings. The summed E-state index contributed by atoms with van der Waals surface area (Å²) < 4.78 is 0. The zero-order valence-corrected chi connectivity index (χ0v) is 15.9. The summed E-state index contributed by atoms with van der Waals surface area (Å²) in [6, 6.07) is -0.0198. The first-order valence-corrected chi connectivity index (χ1v) is 10.8. The number of hydrogen-bond donors (Lipinski definition) is 1. The number of piperazine rings is 1. The van der Waals surface area contributed by atoms with Gasteiger partial charge in [0.05, 0.1) is 6.04 Å². The highest BCUT2D eigenvalue weighted by Gasteiger charge is 2.51. The molecule has 5 fully saturated rings. The number of hydrogen-bond acceptors (Lipinski definition) is 4. The lowest BCUT2D eigenvalue weighted by Gasteiger charge is -2.32. The third kappa shape index (κ3) is 3.46. The van der Waals surface area contributed by atoms with Gasteiger partial charge in [0.25, 0.3) is 0 Å². The van der Waals surface area contributed by atoms with E-state index in [1.54, 1.807) is 0 Å². The average molecular weight is 374 g/mol. The van der Waals surface area contributed by atoms with Crippen LogP contribution in [0.25, 0.3) is 0 Å². The topological polar surface area (TPSA) is 73.0 Å². The maximum atomic E-state index is 13.2. The molecule has 2 aliphatic heterocycles. The van der Waals surface area contributed by atoms with Crippen LogP contribution in [0.4, 0.5) is 0 Å². The van der Waals surface area contributed by atoms with Crippen molar-refractivity contribution >= 4 is 17.7 Å². The predicted octanol–water partition coefficient (Wildman–Crippen LogP) is 0.199. The quantitative estimate of drug-likeness (QED) is 0.746. The number of rotatable bonds is 5. The maximum Gasteiger partial charge on any atom is 0.245 e. The van der Waals surface area contributed by atoms with E-state index in [1.807, 2.05) is 9.80 Å². The molecule has 0 aromatic rings. The minimum atomic E-state index is -0.380. The van der Waals surface area contributed by atoms with Gasteiger partial charge in [0, 0.05) is 50.6 Å². The molecule has 0 aromatic heterocycles. The van der Waals surface area contributed by atoms with Crippen molar-refractivity contribution < 1.29 is 14.4 Å². The summed E-state index contributed by atoms with van der Waals surface area (Å²) in [7, 11) is 0. The molecule has 5 rings (SSSR count). The van der Waals surface area contributed by atoms with Crippen molar-refractivity contribution in [2.45, 2.75) is 63.1 Å². The van der Waals surface area contributed by atoms with Gasteiger partial charge in [-0.1, -0.05) is 0 Å². The minimum absolute atomic E-state index is 0.0187. The molecule has 0 radical (unpaired) electrons. The van der Waals surface area contributed by atoms with Gasteiger partial charge in [0.1, 0.15) is 6.04 Å². The summed E-state index contributed by atoms with van der Waals surface area (Å²) in [6.07, 6.45) is 6.66. The van der Waals surface area contributed by atoms with Crippen molar-refractivity contribution in [3.8, 4) is 0 Å². The Bertz CT molecular complexity index is 635. The van der Waals surface area contributed by atoms with Crippen LogP contribution in [0, 0.1) is 11.8 Å². The molecule has 0 aromatic carbocycles. The van der Waals surface area contributed by atoms with Gasteiger partial charge in [0.2, 0.25) is 17.7 Å². The van der Waals surface area contributed by atoms with Gasteiger partial charge in [-0.25, -0.2) is 0 Å². The highest BCUT2D eigenvalue weighted by molar-refractivity contribution is 5.91. The summed E-state index contributed by atoms with van der Waals surface area (Å²) in [5, 5.41) is 3.28. The second-order valence-electron chi connectivity index (χ2n) is 9.00. The Morgan fingerprint density at radius 1 is 0.815 bits per heavy atom. The Labute approximate surface area is 160 Å². The van der Waals surface area contributed by atoms with Crippen LogP contribution in [0.15, 0.2) is 0 Å². The molecule has 3 aliphatic carbocycles. The van der Waals surface area contributed by atoms with Crippen LogP contribution >= 0.6 is 0 Å². The molecule has 7 nitrogen and oxygen atoms in total. The third-order valence-electron chi connectivity index (χ3n) is 6.72.